The molecule has 2 aliphatic rings. The Morgan fingerprint density at radius 3 is 2.73 bits per heavy atom. The molecule has 15 heavy (non-hydrogen) atoms. The lowest BCUT2D eigenvalue weighted by molar-refractivity contribution is -0.120. The van der Waals surface area contributed by atoms with Crippen LogP contribution in [0, 0.1) is 5.92 Å². The van der Waals surface area contributed by atoms with Gasteiger partial charge in [-0.15, -0.1) is 11.8 Å². The van der Waals surface area contributed by atoms with Crippen LogP contribution in [0.5, 0.6) is 0 Å². The van der Waals surface area contributed by atoms with Crippen molar-refractivity contribution in [1.29, 1.82) is 0 Å². The Kier molecular flexibility index (Phi) is 3.19. The normalized spacial score (nSPS) is 26.7. The number of rotatable bonds is 4. The number of thioether (sulfide) groups is 1. The van der Waals surface area contributed by atoms with Gasteiger partial charge in [-0.3, -0.25) is 4.79 Å². The second-order valence-electron chi connectivity index (χ2n) is 4.16. The lowest BCUT2D eigenvalue weighted by atomic mass is 9.96. The molecule has 1 unspecified atom stereocenters. The van der Waals surface area contributed by atoms with E-state index >= 15 is 0 Å². The zero-order valence-electron chi connectivity index (χ0n) is 9.11. The van der Waals surface area contributed by atoms with Crippen LogP contribution in [0.3, 0.4) is 0 Å². The minimum atomic E-state index is 0.316. The lowest BCUT2D eigenvalue weighted by Crippen LogP contribution is -2.41. The van der Waals surface area contributed by atoms with Crippen molar-refractivity contribution >= 4 is 18.2 Å². The first-order valence-electron chi connectivity index (χ1n) is 5.42. The van der Waals surface area contributed by atoms with Crippen LogP contribution in [0.2, 0.25) is 0 Å². The Morgan fingerprint density at radius 1 is 1.53 bits per heavy atom. The average Bonchev–Trinajstić information content (AvgIpc) is 3.10. The molecule has 2 rings (SSSR count). The molecule has 1 aliphatic heterocycles. The molecule has 1 aliphatic carbocycles. The standard InChI is InChI=1S/C12H17NOS/c1-3-10-11(15-2)6-7-13(8-14)12(10)9-4-5-9/h3,8-9,12H,1,4-7H2,2H3. The second kappa shape index (κ2) is 4.44. The number of hydrogen-bond donors (Lipinski definition) is 0. The smallest absolute Gasteiger partial charge is 0.210 e. The van der Waals surface area contributed by atoms with Crippen LogP contribution in [0.25, 0.3) is 0 Å². The van der Waals surface area contributed by atoms with Crippen LogP contribution in [0.1, 0.15) is 19.3 Å². The van der Waals surface area contributed by atoms with E-state index in [4.69, 9.17) is 0 Å². The molecule has 3 heteroatoms. The summed E-state index contributed by atoms with van der Waals surface area (Å²) >= 11 is 1.81. The number of carbonyl (C=O) groups excluding carboxylic acids is 1. The van der Waals surface area contributed by atoms with Gasteiger partial charge in [-0.2, -0.15) is 0 Å². The third-order valence-corrected chi connectivity index (χ3v) is 4.20. The molecule has 82 valence electrons. The van der Waals surface area contributed by atoms with Gasteiger partial charge in [0.1, 0.15) is 0 Å². The summed E-state index contributed by atoms with van der Waals surface area (Å²) < 4.78 is 0. The van der Waals surface area contributed by atoms with Crippen LogP contribution in [0.15, 0.2) is 23.1 Å². The largest absolute Gasteiger partial charge is 0.338 e. The van der Waals surface area contributed by atoms with E-state index in [0.29, 0.717) is 12.0 Å². The molecular weight excluding hydrogens is 206 g/mol. The van der Waals surface area contributed by atoms with E-state index in [1.54, 1.807) is 11.8 Å². The Balaban J connectivity index is 2.31. The van der Waals surface area contributed by atoms with E-state index in [1.807, 2.05) is 11.0 Å². The fourth-order valence-corrected chi connectivity index (χ4v) is 3.10. The predicted molar refractivity (Wildman–Crippen MR) is 64.6 cm³/mol. The summed E-state index contributed by atoms with van der Waals surface area (Å²) in [7, 11) is 0. The minimum Gasteiger partial charge on any atom is -0.338 e. The molecule has 0 aromatic carbocycles. The molecule has 1 heterocycles. The summed E-state index contributed by atoms with van der Waals surface area (Å²) in [5, 5.41) is 0. The Bertz CT molecular complexity index is 307. The molecule has 1 saturated carbocycles. The average molecular weight is 223 g/mol. The summed E-state index contributed by atoms with van der Waals surface area (Å²) in [5.41, 5.74) is 1.29. The third kappa shape index (κ3) is 1.98. The van der Waals surface area contributed by atoms with E-state index in [1.165, 1.54) is 23.3 Å². The molecular formula is C12H17NOS. The van der Waals surface area contributed by atoms with Crippen LogP contribution in [-0.2, 0) is 4.79 Å². The quantitative estimate of drug-likeness (QED) is 0.682. The van der Waals surface area contributed by atoms with E-state index in [2.05, 4.69) is 12.8 Å². The van der Waals surface area contributed by atoms with Crippen LogP contribution in [-0.4, -0.2) is 30.2 Å². The Morgan fingerprint density at radius 2 is 2.27 bits per heavy atom. The van der Waals surface area contributed by atoms with Gasteiger partial charge in [0, 0.05) is 6.54 Å². The molecule has 1 amide bonds. The van der Waals surface area contributed by atoms with E-state index in [0.717, 1.165) is 19.4 Å². The summed E-state index contributed by atoms with van der Waals surface area (Å²) in [6.45, 7) is 4.77. The van der Waals surface area contributed by atoms with Crippen LogP contribution >= 0.6 is 11.8 Å². The van der Waals surface area contributed by atoms with Crippen LogP contribution < -0.4 is 0 Å². The van der Waals surface area contributed by atoms with Gasteiger partial charge in [0.05, 0.1) is 6.04 Å². The summed E-state index contributed by atoms with van der Waals surface area (Å²) in [4.78, 5) is 14.4. The highest BCUT2D eigenvalue weighted by Gasteiger charge is 2.39. The van der Waals surface area contributed by atoms with E-state index in [-0.39, 0.29) is 0 Å². The molecule has 0 aromatic rings. The maximum absolute atomic E-state index is 11.0. The van der Waals surface area contributed by atoms with Crippen molar-refractivity contribution in [1.82, 2.24) is 4.90 Å². The van der Waals surface area contributed by atoms with Gasteiger partial charge in [-0.05, 0) is 41.9 Å². The summed E-state index contributed by atoms with van der Waals surface area (Å²) in [6, 6.07) is 0.316. The van der Waals surface area contributed by atoms with Gasteiger partial charge >= 0.3 is 0 Å². The van der Waals surface area contributed by atoms with Gasteiger partial charge in [0.25, 0.3) is 0 Å². The molecule has 1 fully saturated rings. The monoisotopic (exact) mass is 223 g/mol. The van der Waals surface area contributed by atoms with Gasteiger partial charge in [0.15, 0.2) is 0 Å². The van der Waals surface area contributed by atoms with Crippen molar-refractivity contribution < 1.29 is 4.79 Å². The highest BCUT2D eigenvalue weighted by Crippen LogP contribution is 2.43. The van der Waals surface area contributed by atoms with Crippen molar-refractivity contribution in [2.24, 2.45) is 5.92 Å². The van der Waals surface area contributed by atoms with Gasteiger partial charge in [-0.25, -0.2) is 0 Å². The van der Waals surface area contributed by atoms with Gasteiger partial charge in [0.2, 0.25) is 6.41 Å². The third-order valence-electron chi connectivity index (χ3n) is 3.27. The SMILES string of the molecule is C=CC1=C(SC)CCN(C=O)C1C1CC1. The molecule has 1 atom stereocenters. The summed E-state index contributed by atoms with van der Waals surface area (Å²) in [5.74, 6) is 0.686. The fourth-order valence-electron chi connectivity index (χ4n) is 2.37. The molecule has 0 N–H and O–H groups in total. The molecule has 0 aromatic heterocycles. The Labute approximate surface area is 95.4 Å². The van der Waals surface area contributed by atoms with Crippen molar-refractivity contribution in [3.63, 3.8) is 0 Å². The maximum Gasteiger partial charge on any atom is 0.210 e. The van der Waals surface area contributed by atoms with Gasteiger partial charge in [-0.1, -0.05) is 12.7 Å². The van der Waals surface area contributed by atoms with Crippen molar-refractivity contribution in [2.75, 3.05) is 12.8 Å². The number of hydrogen-bond acceptors (Lipinski definition) is 2. The first-order chi connectivity index (χ1) is 7.31. The fraction of sp³-hybridized carbons (Fsp3) is 0.583. The molecule has 2 nitrogen and oxygen atoms in total. The van der Waals surface area contributed by atoms with Crippen molar-refractivity contribution in [3.05, 3.63) is 23.1 Å². The van der Waals surface area contributed by atoms with Crippen LogP contribution in [0.4, 0.5) is 0 Å². The number of nitrogens with zero attached hydrogens (tertiary/aromatic N) is 1. The first-order valence-corrected chi connectivity index (χ1v) is 6.64. The minimum absolute atomic E-state index is 0.316. The molecule has 0 saturated heterocycles. The molecule has 0 bridgehead atoms. The second-order valence-corrected chi connectivity index (χ2v) is 5.06. The van der Waals surface area contributed by atoms with E-state index < -0.39 is 0 Å². The number of carbonyl (C=O) groups is 1. The van der Waals surface area contributed by atoms with E-state index in [9.17, 15) is 4.79 Å². The topological polar surface area (TPSA) is 20.3 Å². The maximum atomic E-state index is 11.0. The van der Waals surface area contributed by atoms with Crippen molar-refractivity contribution in [3.8, 4) is 0 Å². The zero-order valence-corrected chi connectivity index (χ0v) is 9.93. The highest BCUT2D eigenvalue weighted by molar-refractivity contribution is 8.02. The predicted octanol–water partition coefficient (Wildman–Crippen LogP) is 2.43. The zero-order chi connectivity index (χ0) is 10.8. The lowest BCUT2D eigenvalue weighted by Gasteiger charge is -2.35. The highest BCUT2D eigenvalue weighted by atomic mass is 32.2. The first kappa shape index (κ1) is 10.8. The number of amides is 1. The summed E-state index contributed by atoms with van der Waals surface area (Å²) in [6.07, 6.45) is 8.57. The van der Waals surface area contributed by atoms with Gasteiger partial charge < -0.3 is 4.90 Å². The Hall–Kier alpha value is -0.700. The molecule has 0 radical (unpaired) electrons. The van der Waals surface area contributed by atoms with Crippen molar-refractivity contribution in [2.45, 2.75) is 25.3 Å². The molecule has 0 spiro atoms.